The first-order valence-electron chi connectivity index (χ1n) is 3.66. The Labute approximate surface area is 72.5 Å². The first kappa shape index (κ1) is 9.84. The molecule has 0 heterocycles. The largest absolute Gasteiger partial charge is 0.411 e. The molecule has 13 heavy (non-hydrogen) atoms. The van der Waals surface area contributed by atoms with Gasteiger partial charge < -0.3 is 5.32 Å². The van der Waals surface area contributed by atoms with E-state index >= 15 is 0 Å². The number of carbonyl (C=O) groups is 1. The quantitative estimate of drug-likeness (QED) is 0.712. The number of rotatable bonds is 2. The summed E-state index contributed by atoms with van der Waals surface area (Å²) in [6.45, 7) is 0. The number of halogens is 3. The van der Waals surface area contributed by atoms with Crippen molar-refractivity contribution in [2.24, 2.45) is 0 Å². The fourth-order valence-electron chi connectivity index (χ4n) is 0.987. The van der Waals surface area contributed by atoms with Gasteiger partial charge in [0.15, 0.2) is 0 Å². The first-order chi connectivity index (χ1) is 5.91. The summed E-state index contributed by atoms with van der Waals surface area (Å²) in [6.07, 6.45) is -5.11. The van der Waals surface area contributed by atoms with Crippen LogP contribution < -0.4 is 5.32 Å². The normalized spacial score (nSPS) is 18.9. The van der Waals surface area contributed by atoms with E-state index in [0.29, 0.717) is 0 Å². The lowest BCUT2D eigenvalue weighted by Crippen LogP contribution is -2.47. The van der Waals surface area contributed by atoms with E-state index in [2.05, 4.69) is 0 Å². The molecular weight excluding hydrogens is 185 g/mol. The second kappa shape index (κ2) is 2.91. The maximum absolute atomic E-state index is 12.2. The molecule has 0 radical (unpaired) electrons. The van der Waals surface area contributed by atoms with Crippen molar-refractivity contribution in [1.82, 2.24) is 5.32 Å². The Bertz CT molecular complexity index is 262. The number of nitriles is 1. The molecule has 1 aliphatic carbocycles. The van der Waals surface area contributed by atoms with Gasteiger partial charge in [0.05, 0.1) is 6.07 Å². The maximum atomic E-state index is 12.2. The third kappa shape index (κ3) is 1.91. The third-order valence-electron chi connectivity index (χ3n) is 1.91. The number of carbonyl (C=O) groups excluding carboxylic acids is 1. The molecule has 0 aromatic heterocycles. The number of hydrogen-bond donors (Lipinski definition) is 1. The highest BCUT2D eigenvalue weighted by molar-refractivity contribution is 5.79. The monoisotopic (exact) mass is 192 g/mol. The molecule has 1 aliphatic rings. The first-order valence-corrected chi connectivity index (χ1v) is 3.66. The summed E-state index contributed by atoms with van der Waals surface area (Å²) in [5.41, 5.74) is -2.04. The molecule has 0 aliphatic heterocycles. The summed E-state index contributed by atoms with van der Waals surface area (Å²) >= 11 is 0. The Morgan fingerprint density at radius 2 is 2.08 bits per heavy atom. The molecule has 0 atom stereocenters. The summed E-state index contributed by atoms with van der Waals surface area (Å²) in [4.78, 5) is 10.7. The number of alkyl halides is 3. The highest BCUT2D eigenvalue weighted by Crippen LogP contribution is 2.48. The SMILES string of the molecule is N#CCC(=O)NC1(C(F)(F)F)CC1. The predicted molar refractivity (Wildman–Crippen MR) is 36.4 cm³/mol. The minimum atomic E-state index is -4.40. The second-order valence-corrected chi connectivity index (χ2v) is 2.96. The van der Waals surface area contributed by atoms with E-state index in [0.717, 1.165) is 0 Å². The fraction of sp³-hybridized carbons (Fsp3) is 0.714. The van der Waals surface area contributed by atoms with Crippen LogP contribution >= 0.6 is 0 Å². The summed E-state index contributed by atoms with van der Waals surface area (Å²) in [7, 11) is 0. The Morgan fingerprint density at radius 3 is 2.38 bits per heavy atom. The average molecular weight is 192 g/mol. The van der Waals surface area contributed by atoms with Crippen LogP contribution in [-0.2, 0) is 4.79 Å². The van der Waals surface area contributed by atoms with Crippen molar-refractivity contribution < 1.29 is 18.0 Å². The molecule has 0 bridgehead atoms. The van der Waals surface area contributed by atoms with Gasteiger partial charge in [-0.3, -0.25) is 4.79 Å². The molecule has 1 fully saturated rings. The zero-order chi connectivity index (χ0) is 10.1. The van der Waals surface area contributed by atoms with Crippen molar-refractivity contribution in [2.45, 2.75) is 31.0 Å². The molecule has 0 saturated heterocycles. The lowest BCUT2D eigenvalue weighted by Gasteiger charge is -2.19. The molecule has 3 nitrogen and oxygen atoms in total. The van der Waals surface area contributed by atoms with Gasteiger partial charge in [0.2, 0.25) is 5.91 Å². The van der Waals surface area contributed by atoms with Crippen molar-refractivity contribution in [3.63, 3.8) is 0 Å². The zero-order valence-electron chi connectivity index (χ0n) is 6.61. The maximum Gasteiger partial charge on any atom is 0.411 e. The van der Waals surface area contributed by atoms with Crippen molar-refractivity contribution in [1.29, 1.82) is 5.26 Å². The Balaban J connectivity index is 2.55. The summed E-state index contributed by atoms with van der Waals surface area (Å²) in [5, 5.41) is 9.89. The topological polar surface area (TPSA) is 52.9 Å². The standard InChI is InChI=1S/C7H7F3N2O/c8-7(9,10)6(2-3-6)12-5(13)1-4-11/h1-3H2,(H,12,13). The number of hydrogen-bond acceptors (Lipinski definition) is 2. The van der Waals surface area contributed by atoms with Gasteiger partial charge in [-0.25, -0.2) is 0 Å². The highest BCUT2D eigenvalue weighted by Gasteiger charge is 2.64. The number of amides is 1. The van der Waals surface area contributed by atoms with Crippen LogP contribution in [0.2, 0.25) is 0 Å². The molecule has 1 amide bonds. The van der Waals surface area contributed by atoms with Crippen LogP contribution in [0.4, 0.5) is 13.2 Å². The fourth-order valence-corrected chi connectivity index (χ4v) is 0.987. The van der Waals surface area contributed by atoms with Crippen LogP contribution in [0, 0.1) is 11.3 Å². The van der Waals surface area contributed by atoms with Crippen molar-refractivity contribution in [2.75, 3.05) is 0 Å². The van der Waals surface area contributed by atoms with Gasteiger partial charge in [0.1, 0.15) is 12.0 Å². The molecule has 1 saturated carbocycles. The van der Waals surface area contributed by atoms with Crippen LogP contribution in [0.25, 0.3) is 0 Å². The minimum absolute atomic E-state index is 0.0896. The van der Waals surface area contributed by atoms with E-state index < -0.39 is 24.0 Å². The average Bonchev–Trinajstić information content (AvgIpc) is 2.67. The predicted octanol–water partition coefficient (Wildman–Crippen LogP) is 1.11. The number of nitrogens with zero attached hydrogens (tertiary/aromatic N) is 1. The van der Waals surface area contributed by atoms with E-state index in [1.54, 1.807) is 0 Å². The van der Waals surface area contributed by atoms with E-state index in [1.807, 2.05) is 5.32 Å². The Kier molecular flexibility index (Phi) is 2.20. The van der Waals surface area contributed by atoms with E-state index in [1.165, 1.54) is 6.07 Å². The van der Waals surface area contributed by atoms with Gasteiger partial charge >= 0.3 is 6.18 Å². The number of nitrogens with one attached hydrogen (secondary N) is 1. The Hall–Kier alpha value is -1.25. The van der Waals surface area contributed by atoms with Crippen molar-refractivity contribution in [3.8, 4) is 6.07 Å². The third-order valence-corrected chi connectivity index (χ3v) is 1.91. The summed E-state index contributed by atoms with van der Waals surface area (Å²) in [5.74, 6) is -0.864. The van der Waals surface area contributed by atoms with Crippen LogP contribution in [0.15, 0.2) is 0 Å². The lowest BCUT2D eigenvalue weighted by atomic mass is 10.2. The summed E-state index contributed by atoms with van der Waals surface area (Å²) < 4.78 is 36.6. The van der Waals surface area contributed by atoms with Gasteiger partial charge in [-0.05, 0) is 12.8 Å². The van der Waals surface area contributed by atoms with Gasteiger partial charge in [-0.2, -0.15) is 18.4 Å². The van der Waals surface area contributed by atoms with Gasteiger partial charge in [0.25, 0.3) is 0 Å². The molecule has 1 rings (SSSR count). The summed E-state index contributed by atoms with van der Waals surface area (Å²) in [6, 6.07) is 1.49. The lowest BCUT2D eigenvalue weighted by molar-refractivity contribution is -0.170. The molecule has 0 unspecified atom stereocenters. The molecule has 1 N–H and O–H groups in total. The van der Waals surface area contributed by atoms with E-state index in [9.17, 15) is 18.0 Å². The molecule has 0 aromatic carbocycles. The van der Waals surface area contributed by atoms with Crippen LogP contribution in [0.5, 0.6) is 0 Å². The van der Waals surface area contributed by atoms with Crippen LogP contribution in [0.1, 0.15) is 19.3 Å². The van der Waals surface area contributed by atoms with Gasteiger partial charge in [-0.15, -0.1) is 0 Å². The Morgan fingerprint density at radius 1 is 1.54 bits per heavy atom. The van der Waals surface area contributed by atoms with Crippen LogP contribution in [0.3, 0.4) is 0 Å². The molecule has 0 spiro atoms. The second-order valence-electron chi connectivity index (χ2n) is 2.96. The minimum Gasteiger partial charge on any atom is -0.341 e. The van der Waals surface area contributed by atoms with E-state index in [-0.39, 0.29) is 12.8 Å². The molecule has 6 heteroatoms. The zero-order valence-corrected chi connectivity index (χ0v) is 6.61. The van der Waals surface area contributed by atoms with E-state index in [4.69, 9.17) is 5.26 Å². The molecule has 0 aromatic rings. The highest BCUT2D eigenvalue weighted by atomic mass is 19.4. The van der Waals surface area contributed by atoms with Gasteiger partial charge in [-0.1, -0.05) is 0 Å². The van der Waals surface area contributed by atoms with Crippen molar-refractivity contribution >= 4 is 5.91 Å². The molecule has 72 valence electrons. The van der Waals surface area contributed by atoms with Crippen LogP contribution in [-0.4, -0.2) is 17.6 Å². The van der Waals surface area contributed by atoms with Crippen molar-refractivity contribution in [3.05, 3.63) is 0 Å². The van der Waals surface area contributed by atoms with Gasteiger partial charge in [0, 0.05) is 0 Å². The smallest absolute Gasteiger partial charge is 0.341 e. The molecular formula is C7H7F3N2O.